The Hall–Kier alpha value is -1.70. The van der Waals surface area contributed by atoms with Crippen molar-refractivity contribution in [1.29, 1.82) is 0 Å². The fraction of sp³-hybridized carbons (Fsp3) is 0.143. The summed E-state index contributed by atoms with van der Waals surface area (Å²) in [5.41, 5.74) is 0.987. The highest BCUT2D eigenvalue weighted by Crippen LogP contribution is 2.30. The van der Waals surface area contributed by atoms with Gasteiger partial charge >= 0.3 is 0 Å². The molecule has 3 rings (SSSR count). The van der Waals surface area contributed by atoms with Crippen LogP contribution in [-0.4, -0.2) is 22.0 Å². The number of nitrogens with two attached hydrogens (primary N) is 1. The van der Waals surface area contributed by atoms with Gasteiger partial charge in [-0.1, -0.05) is 29.4 Å². The number of nitrogen functional groups attached to an aromatic ring is 1. The smallest absolute Gasteiger partial charge is 0.210 e. The van der Waals surface area contributed by atoms with Gasteiger partial charge in [0.2, 0.25) is 5.16 Å². The lowest BCUT2D eigenvalue weighted by atomic mass is 10.2. The molecule has 0 saturated heterocycles. The predicted molar refractivity (Wildman–Crippen MR) is 91.1 cm³/mol. The van der Waals surface area contributed by atoms with E-state index < -0.39 is 0 Å². The SMILES string of the molecule is COc1ccc(Cl)cc1CSc1nnc(-c2cccs2)n1N. The zero-order valence-corrected chi connectivity index (χ0v) is 14.1. The van der Waals surface area contributed by atoms with Crippen molar-refractivity contribution >= 4 is 34.7 Å². The number of hydrogen-bond donors (Lipinski definition) is 1. The molecule has 3 aromatic rings. The molecule has 1 aromatic carbocycles. The first-order chi connectivity index (χ1) is 10.7. The van der Waals surface area contributed by atoms with Crippen molar-refractivity contribution in [2.24, 2.45) is 0 Å². The monoisotopic (exact) mass is 352 g/mol. The lowest BCUT2D eigenvalue weighted by Gasteiger charge is -2.08. The zero-order chi connectivity index (χ0) is 15.5. The van der Waals surface area contributed by atoms with Gasteiger partial charge in [0.15, 0.2) is 5.82 Å². The number of ether oxygens (including phenoxy) is 1. The number of hydrogen-bond acceptors (Lipinski definition) is 6. The van der Waals surface area contributed by atoms with E-state index in [2.05, 4.69) is 10.2 Å². The van der Waals surface area contributed by atoms with Gasteiger partial charge in [0.25, 0.3) is 0 Å². The Morgan fingerprint density at radius 3 is 2.95 bits per heavy atom. The van der Waals surface area contributed by atoms with Gasteiger partial charge in [0, 0.05) is 16.3 Å². The molecular weight excluding hydrogens is 340 g/mol. The van der Waals surface area contributed by atoms with Crippen LogP contribution >= 0.6 is 34.7 Å². The minimum Gasteiger partial charge on any atom is -0.496 e. The predicted octanol–water partition coefficient (Wildman–Crippen LogP) is 3.67. The molecule has 8 heteroatoms. The van der Waals surface area contributed by atoms with Crippen molar-refractivity contribution in [3.05, 3.63) is 46.3 Å². The molecule has 0 bridgehead atoms. The number of rotatable bonds is 5. The summed E-state index contributed by atoms with van der Waals surface area (Å²) < 4.78 is 6.85. The van der Waals surface area contributed by atoms with Crippen LogP contribution in [0.4, 0.5) is 0 Å². The second kappa shape index (κ2) is 6.60. The highest BCUT2D eigenvalue weighted by Gasteiger charge is 2.14. The van der Waals surface area contributed by atoms with E-state index in [1.165, 1.54) is 16.4 Å². The van der Waals surface area contributed by atoms with Crippen LogP contribution in [0.2, 0.25) is 5.02 Å². The van der Waals surface area contributed by atoms with Crippen molar-refractivity contribution < 1.29 is 4.74 Å². The largest absolute Gasteiger partial charge is 0.496 e. The zero-order valence-electron chi connectivity index (χ0n) is 11.7. The summed E-state index contributed by atoms with van der Waals surface area (Å²) in [5, 5.41) is 11.6. The topological polar surface area (TPSA) is 66.0 Å². The van der Waals surface area contributed by atoms with E-state index in [-0.39, 0.29) is 0 Å². The Morgan fingerprint density at radius 2 is 2.23 bits per heavy atom. The standard InChI is InChI=1S/C14H13ClN4OS2/c1-20-11-5-4-10(15)7-9(11)8-22-14-18-17-13(19(14)16)12-3-2-6-21-12/h2-7H,8,16H2,1H3. The van der Waals surface area contributed by atoms with Gasteiger partial charge < -0.3 is 10.6 Å². The van der Waals surface area contributed by atoms with Crippen LogP contribution < -0.4 is 10.6 Å². The van der Waals surface area contributed by atoms with Gasteiger partial charge in [0.05, 0.1) is 12.0 Å². The Kier molecular flexibility index (Phi) is 4.56. The highest BCUT2D eigenvalue weighted by molar-refractivity contribution is 7.98. The minimum atomic E-state index is 0.642. The quantitative estimate of drug-likeness (QED) is 0.560. The van der Waals surface area contributed by atoms with Crippen LogP contribution in [-0.2, 0) is 5.75 Å². The molecule has 0 atom stereocenters. The van der Waals surface area contributed by atoms with Crippen molar-refractivity contribution in [1.82, 2.24) is 14.9 Å². The third-order valence-corrected chi connectivity index (χ3v) is 5.10. The van der Waals surface area contributed by atoms with E-state index in [0.717, 1.165) is 16.2 Å². The number of methoxy groups -OCH3 is 1. The van der Waals surface area contributed by atoms with Crippen LogP contribution in [0.25, 0.3) is 10.7 Å². The van der Waals surface area contributed by atoms with Crippen LogP contribution in [0.5, 0.6) is 5.75 Å². The maximum Gasteiger partial charge on any atom is 0.210 e. The first-order valence-electron chi connectivity index (χ1n) is 6.38. The van der Waals surface area contributed by atoms with Gasteiger partial charge in [-0.3, -0.25) is 0 Å². The summed E-state index contributed by atoms with van der Waals surface area (Å²) >= 11 is 9.10. The molecule has 0 fully saturated rings. The van der Waals surface area contributed by atoms with Gasteiger partial charge in [0.1, 0.15) is 5.75 Å². The van der Waals surface area contributed by atoms with Crippen molar-refractivity contribution in [3.8, 4) is 16.5 Å². The number of thioether (sulfide) groups is 1. The van der Waals surface area contributed by atoms with Crippen molar-refractivity contribution in [2.45, 2.75) is 10.9 Å². The van der Waals surface area contributed by atoms with Crippen LogP contribution in [0, 0.1) is 0 Å². The second-order valence-corrected chi connectivity index (χ2v) is 6.72. The molecule has 0 aliphatic carbocycles. The van der Waals surface area contributed by atoms with E-state index in [1.807, 2.05) is 29.6 Å². The normalized spacial score (nSPS) is 10.8. The highest BCUT2D eigenvalue weighted by atomic mass is 35.5. The lowest BCUT2D eigenvalue weighted by molar-refractivity contribution is 0.411. The summed E-state index contributed by atoms with van der Waals surface area (Å²) in [6.45, 7) is 0. The third-order valence-electron chi connectivity index (χ3n) is 3.01. The first kappa shape index (κ1) is 15.2. The maximum absolute atomic E-state index is 6.08. The van der Waals surface area contributed by atoms with Crippen LogP contribution in [0.15, 0.2) is 40.9 Å². The molecule has 22 heavy (non-hydrogen) atoms. The Bertz CT molecular complexity index is 773. The molecule has 2 N–H and O–H groups in total. The summed E-state index contributed by atoms with van der Waals surface area (Å²) in [5.74, 6) is 8.17. The van der Waals surface area contributed by atoms with Gasteiger partial charge in [-0.15, -0.1) is 21.5 Å². The number of thiophene rings is 1. The number of halogens is 1. The Balaban J connectivity index is 1.79. The summed E-state index contributed by atoms with van der Waals surface area (Å²) in [6, 6.07) is 9.45. The maximum atomic E-state index is 6.08. The van der Waals surface area contributed by atoms with Gasteiger partial charge in [-0.2, -0.15) is 0 Å². The molecule has 114 valence electrons. The minimum absolute atomic E-state index is 0.642. The van der Waals surface area contributed by atoms with Gasteiger partial charge in [-0.25, -0.2) is 4.68 Å². The Labute approximate surface area is 141 Å². The molecule has 0 unspecified atom stereocenters. The van der Waals surface area contributed by atoms with Crippen LogP contribution in [0.1, 0.15) is 5.56 Å². The van der Waals surface area contributed by atoms with Crippen molar-refractivity contribution in [2.75, 3.05) is 13.0 Å². The molecular formula is C14H13ClN4OS2. The van der Waals surface area contributed by atoms with E-state index >= 15 is 0 Å². The van der Waals surface area contributed by atoms with Crippen molar-refractivity contribution in [3.63, 3.8) is 0 Å². The summed E-state index contributed by atoms with van der Waals surface area (Å²) in [4.78, 5) is 0.988. The molecule has 0 saturated carbocycles. The van der Waals surface area contributed by atoms with E-state index in [0.29, 0.717) is 21.8 Å². The first-order valence-corrected chi connectivity index (χ1v) is 8.63. The van der Waals surface area contributed by atoms with Crippen LogP contribution in [0.3, 0.4) is 0 Å². The molecule has 0 aliphatic rings. The van der Waals surface area contributed by atoms with E-state index in [1.54, 1.807) is 24.5 Å². The number of aromatic nitrogens is 3. The molecule has 0 amide bonds. The third kappa shape index (κ3) is 3.06. The average molecular weight is 353 g/mol. The van der Waals surface area contributed by atoms with E-state index in [4.69, 9.17) is 22.2 Å². The molecule has 0 aliphatic heterocycles. The second-order valence-electron chi connectivity index (χ2n) is 4.40. The fourth-order valence-corrected chi connectivity index (χ4v) is 3.69. The number of nitrogens with zero attached hydrogens (tertiary/aromatic N) is 3. The van der Waals surface area contributed by atoms with E-state index in [9.17, 15) is 0 Å². The lowest BCUT2D eigenvalue weighted by Crippen LogP contribution is -2.11. The number of benzene rings is 1. The molecule has 2 aromatic heterocycles. The molecule has 5 nitrogen and oxygen atoms in total. The molecule has 2 heterocycles. The molecule has 0 spiro atoms. The Morgan fingerprint density at radius 1 is 1.36 bits per heavy atom. The average Bonchev–Trinajstić information content (AvgIpc) is 3.15. The summed E-state index contributed by atoms with van der Waals surface area (Å²) in [6.07, 6.45) is 0. The molecule has 0 radical (unpaired) electrons. The summed E-state index contributed by atoms with van der Waals surface area (Å²) in [7, 11) is 1.64. The van der Waals surface area contributed by atoms with Gasteiger partial charge in [-0.05, 0) is 29.6 Å². The fourth-order valence-electron chi connectivity index (χ4n) is 1.95.